The maximum Gasteiger partial charge on any atom is 0.178 e. The third-order valence-corrected chi connectivity index (χ3v) is 7.82. The molecule has 0 bridgehead atoms. The Balaban J connectivity index is 1.80. The number of phenols is 2. The van der Waals surface area contributed by atoms with Crippen molar-refractivity contribution in [3.8, 4) is 23.0 Å². The maximum absolute atomic E-state index is 12.4. The first-order valence-electron chi connectivity index (χ1n) is 12.4. The second-order valence-corrected chi connectivity index (χ2v) is 10.8. The zero-order chi connectivity index (χ0) is 28.9. The molecule has 0 heterocycles. The molecule has 0 aromatic heterocycles. The molecule has 0 unspecified atom stereocenters. The first kappa shape index (κ1) is 28.3. The standard InChI is InChI=1S/C28H29N5O6S/c1-5-29-21-11-10-20-19(9-12-22(28(20)35)30-31-23-15-17(38-3)7-13-25(23)34)27(21)33-32-24-16-18(40(36,37)6-2)8-14-26(24)39-4/h7-16,29,34-35H,5-6H2,1-4H3/b31-30+,33-32+. The van der Waals surface area contributed by atoms with Gasteiger partial charge in [-0.15, -0.1) is 20.5 Å². The number of aromatic hydroxyl groups is 2. The number of ether oxygens (including phenoxy) is 2. The van der Waals surface area contributed by atoms with Crippen molar-refractivity contribution in [3.63, 3.8) is 0 Å². The largest absolute Gasteiger partial charge is 0.506 e. The molecule has 0 fully saturated rings. The van der Waals surface area contributed by atoms with Gasteiger partial charge in [0.05, 0.1) is 30.6 Å². The highest BCUT2D eigenvalue weighted by Crippen LogP contribution is 2.44. The lowest BCUT2D eigenvalue weighted by Crippen LogP contribution is -2.03. The molecule has 40 heavy (non-hydrogen) atoms. The van der Waals surface area contributed by atoms with Crippen LogP contribution in [0.5, 0.6) is 23.0 Å². The molecular weight excluding hydrogens is 534 g/mol. The Labute approximate surface area is 231 Å². The molecule has 0 saturated carbocycles. The van der Waals surface area contributed by atoms with Gasteiger partial charge in [-0.2, -0.15) is 0 Å². The summed E-state index contributed by atoms with van der Waals surface area (Å²) in [5, 5.41) is 42.4. The van der Waals surface area contributed by atoms with E-state index in [4.69, 9.17) is 9.47 Å². The van der Waals surface area contributed by atoms with E-state index >= 15 is 0 Å². The van der Waals surface area contributed by atoms with E-state index in [9.17, 15) is 18.6 Å². The van der Waals surface area contributed by atoms with E-state index in [1.165, 1.54) is 44.6 Å². The summed E-state index contributed by atoms with van der Waals surface area (Å²) in [6, 6.07) is 15.7. The van der Waals surface area contributed by atoms with Crippen molar-refractivity contribution in [1.82, 2.24) is 0 Å². The fourth-order valence-corrected chi connectivity index (χ4v) is 4.81. The molecule has 11 nitrogen and oxygen atoms in total. The zero-order valence-corrected chi connectivity index (χ0v) is 23.2. The molecule has 0 radical (unpaired) electrons. The number of fused-ring (bicyclic) bond motifs is 1. The Morgan fingerprint density at radius 2 is 1.50 bits per heavy atom. The summed E-state index contributed by atoms with van der Waals surface area (Å²) in [4.78, 5) is 0.115. The lowest BCUT2D eigenvalue weighted by atomic mass is 10.1. The van der Waals surface area contributed by atoms with Crippen LogP contribution in [0, 0.1) is 0 Å². The minimum atomic E-state index is -3.47. The molecular formula is C28H29N5O6S. The van der Waals surface area contributed by atoms with Crippen LogP contribution in [0.4, 0.5) is 28.4 Å². The summed E-state index contributed by atoms with van der Waals surface area (Å²) >= 11 is 0. The SMILES string of the molecule is CCNc1ccc2c(O)c(/N=N/c3cc(OC)ccc3O)ccc2c1/N=N/c1cc(S(=O)(=O)CC)ccc1OC. The second kappa shape index (κ2) is 12.0. The van der Waals surface area contributed by atoms with Crippen molar-refractivity contribution in [2.24, 2.45) is 20.5 Å². The molecule has 4 aromatic carbocycles. The van der Waals surface area contributed by atoms with Gasteiger partial charge in [-0.05, 0) is 61.5 Å². The quantitative estimate of drug-likeness (QED) is 0.171. The Bertz CT molecular complexity index is 1720. The van der Waals surface area contributed by atoms with Gasteiger partial charge in [0.1, 0.15) is 40.0 Å². The molecule has 0 saturated heterocycles. The minimum absolute atomic E-state index is 0.0554. The van der Waals surface area contributed by atoms with Gasteiger partial charge in [-0.25, -0.2) is 8.42 Å². The Morgan fingerprint density at radius 1 is 0.775 bits per heavy atom. The number of methoxy groups -OCH3 is 2. The van der Waals surface area contributed by atoms with Crippen LogP contribution in [-0.4, -0.2) is 45.1 Å². The number of benzene rings is 4. The van der Waals surface area contributed by atoms with Crippen molar-refractivity contribution in [1.29, 1.82) is 0 Å². The molecule has 0 spiro atoms. The highest BCUT2D eigenvalue weighted by molar-refractivity contribution is 7.91. The molecule has 0 amide bonds. The Hall–Kier alpha value is -4.71. The molecule has 12 heteroatoms. The van der Waals surface area contributed by atoms with Gasteiger partial charge in [-0.1, -0.05) is 6.92 Å². The predicted molar refractivity (Wildman–Crippen MR) is 154 cm³/mol. The highest BCUT2D eigenvalue weighted by atomic mass is 32.2. The van der Waals surface area contributed by atoms with Gasteiger partial charge in [0, 0.05) is 23.4 Å². The Morgan fingerprint density at radius 3 is 2.20 bits per heavy atom. The Kier molecular flexibility index (Phi) is 8.49. The number of nitrogens with one attached hydrogen (secondary N) is 1. The smallest absolute Gasteiger partial charge is 0.178 e. The van der Waals surface area contributed by atoms with Crippen LogP contribution in [0.2, 0.25) is 0 Å². The number of hydrogen-bond donors (Lipinski definition) is 3. The van der Waals surface area contributed by atoms with E-state index in [2.05, 4.69) is 25.8 Å². The van der Waals surface area contributed by atoms with Gasteiger partial charge in [-0.3, -0.25) is 0 Å². The number of azo groups is 2. The van der Waals surface area contributed by atoms with E-state index in [1.54, 1.807) is 37.3 Å². The number of sulfone groups is 1. The predicted octanol–water partition coefficient (Wildman–Crippen LogP) is 7.32. The maximum atomic E-state index is 12.4. The van der Waals surface area contributed by atoms with Crippen LogP contribution in [0.3, 0.4) is 0 Å². The normalized spacial score (nSPS) is 11.9. The minimum Gasteiger partial charge on any atom is -0.506 e. The van der Waals surface area contributed by atoms with Crippen LogP contribution < -0.4 is 14.8 Å². The van der Waals surface area contributed by atoms with Gasteiger partial charge >= 0.3 is 0 Å². The molecule has 4 rings (SSSR count). The third-order valence-electron chi connectivity index (χ3n) is 6.09. The molecule has 0 aliphatic carbocycles. The van der Waals surface area contributed by atoms with Crippen LogP contribution in [0.25, 0.3) is 10.8 Å². The van der Waals surface area contributed by atoms with Crippen LogP contribution in [-0.2, 0) is 9.84 Å². The van der Waals surface area contributed by atoms with Crippen molar-refractivity contribution in [2.75, 3.05) is 31.8 Å². The molecule has 4 aromatic rings. The van der Waals surface area contributed by atoms with Gasteiger partial charge in [0.2, 0.25) is 0 Å². The van der Waals surface area contributed by atoms with Crippen molar-refractivity contribution in [3.05, 3.63) is 60.7 Å². The van der Waals surface area contributed by atoms with Crippen LogP contribution in [0.15, 0.2) is 86.0 Å². The molecule has 0 aliphatic rings. The number of rotatable bonds is 10. The summed E-state index contributed by atoms with van der Waals surface area (Å²) in [6.45, 7) is 4.10. The summed E-state index contributed by atoms with van der Waals surface area (Å²) in [5.41, 5.74) is 1.67. The van der Waals surface area contributed by atoms with Crippen LogP contribution in [0.1, 0.15) is 13.8 Å². The first-order valence-corrected chi connectivity index (χ1v) is 14.0. The molecule has 208 valence electrons. The lowest BCUT2D eigenvalue weighted by Gasteiger charge is -2.12. The third kappa shape index (κ3) is 5.81. The number of phenolic OH excluding ortho intramolecular Hbond substituents is 2. The van der Waals surface area contributed by atoms with E-state index in [-0.39, 0.29) is 39.2 Å². The summed E-state index contributed by atoms with van der Waals surface area (Å²) in [7, 11) is -0.506. The monoisotopic (exact) mass is 563 g/mol. The van der Waals surface area contributed by atoms with E-state index < -0.39 is 9.84 Å². The number of nitrogens with zero attached hydrogens (tertiary/aromatic N) is 4. The van der Waals surface area contributed by atoms with Gasteiger partial charge in [0.25, 0.3) is 0 Å². The zero-order valence-electron chi connectivity index (χ0n) is 22.4. The fraction of sp³-hybridized carbons (Fsp3) is 0.214. The van der Waals surface area contributed by atoms with Gasteiger partial charge < -0.3 is 25.0 Å². The van der Waals surface area contributed by atoms with E-state index in [0.717, 1.165) is 0 Å². The van der Waals surface area contributed by atoms with Crippen molar-refractivity contribution in [2.45, 2.75) is 18.7 Å². The van der Waals surface area contributed by atoms with Gasteiger partial charge in [0.15, 0.2) is 15.6 Å². The first-order chi connectivity index (χ1) is 19.2. The highest BCUT2D eigenvalue weighted by Gasteiger charge is 2.16. The summed E-state index contributed by atoms with van der Waals surface area (Å²) < 4.78 is 35.4. The second-order valence-electron chi connectivity index (χ2n) is 8.51. The fourth-order valence-electron chi connectivity index (χ4n) is 3.91. The van der Waals surface area contributed by atoms with Crippen molar-refractivity contribution >= 4 is 49.0 Å². The van der Waals surface area contributed by atoms with E-state index in [0.29, 0.717) is 40.2 Å². The van der Waals surface area contributed by atoms with Crippen LogP contribution >= 0.6 is 0 Å². The number of anilines is 1. The average Bonchev–Trinajstić information content (AvgIpc) is 2.96. The summed E-state index contributed by atoms with van der Waals surface area (Å²) in [6.07, 6.45) is 0. The molecule has 0 aliphatic heterocycles. The van der Waals surface area contributed by atoms with Crippen molar-refractivity contribution < 1.29 is 28.1 Å². The average molecular weight is 564 g/mol. The number of hydrogen-bond acceptors (Lipinski definition) is 11. The molecule has 0 atom stereocenters. The summed E-state index contributed by atoms with van der Waals surface area (Å²) in [5.74, 6) is 0.566. The molecule has 3 N–H and O–H groups in total. The van der Waals surface area contributed by atoms with E-state index in [1.807, 2.05) is 6.92 Å². The lowest BCUT2D eigenvalue weighted by molar-refractivity contribution is 0.412. The topological polar surface area (TPSA) is 155 Å².